The van der Waals surface area contributed by atoms with Gasteiger partial charge in [0.1, 0.15) is 0 Å². The summed E-state index contributed by atoms with van der Waals surface area (Å²) in [6.07, 6.45) is 1.25. The molecule has 1 heteroatoms. The number of rotatable bonds is 3. The third kappa shape index (κ3) is 12.6. The van der Waals surface area contributed by atoms with Crippen molar-refractivity contribution in [1.29, 1.82) is 0 Å². The Labute approximate surface area is 80.2 Å². The van der Waals surface area contributed by atoms with Crippen molar-refractivity contribution in [2.75, 3.05) is 13.6 Å². The van der Waals surface area contributed by atoms with Crippen LogP contribution in [0.1, 0.15) is 54.9 Å². The molecule has 0 aromatic rings. The molecule has 1 atom stereocenters. The summed E-state index contributed by atoms with van der Waals surface area (Å²) < 4.78 is 0. The summed E-state index contributed by atoms with van der Waals surface area (Å²) >= 11 is 0. The van der Waals surface area contributed by atoms with Crippen molar-refractivity contribution >= 4 is 0 Å². The highest BCUT2D eigenvalue weighted by atomic mass is 15.1. The van der Waals surface area contributed by atoms with Crippen molar-refractivity contribution in [2.45, 2.75) is 60.9 Å². The van der Waals surface area contributed by atoms with Gasteiger partial charge in [0.15, 0.2) is 0 Å². The third-order valence-electron chi connectivity index (χ3n) is 1.84. The molecule has 0 aliphatic rings. The fourth-order valence-electron chi connectivity index (χ4n) is 0.623. The molecule has 0 heterocycles. The summed E-state index contributed by atoms with van der Waals surface area (Å²) in [4.78, 5) is 2.35. The standard InChI is InChI=1S/C7H17N.2C2H6/c1-5-7(3)8(4)6-2;2*1-2/h7H,5-6H2,1-4H3;2*1-2H3/t7-;;/m1../s1. The van der Waals surface area contributed by atoms with Gasteiger partial charge in [-0.1, -0.05) is 41.5 Å². The van der Waals surface area contributed by atoms with E-state index < -0.39 is 0 Å². The Hall–Kier alpha value is -0.0400. The zero-order valence-corrected chi connectivity index (χ0v) is 10.4. The van der Waals surface area contributed by atoms with Gasteiger partial charge in [-0.05, 0) is 26.9 Å². The molecular weight excluding hydrogens is 146 g/mol. The molecule has 78 valence electrons. The lowest BCUT2D eigenvalue weighted by molar-refractivity contribution is 0.265. The first-order chi connectivity index (χ1) is 5.72. The van der Waals surface area contributed by atoms with Crippen LogP contribution in [0.4, 0.5) is 0 Å². The molecule has 0 aliphatic heterocycles. The Morgan fingerprint density at radius 1 is 1.00 bits per heavy atom. The van der Waals surface area contributed by atoms with Gasteiger partial charge in [0.25, 0.3) is 0 Å². The van der Waals surface area contributed by atoms with Crippen LogP contribution < -0.4 is 0 Å². The molecule has 0 saturated carbocycles. The van der Waals surface area contributed by atoms with Crippen molar-refractivity contribution < 1.29 is 0 Å². The predicted octanol–water partition coefficient (Wildman–Crippen LogP) is 3.79. The normalized spacial score (nSPS) is 10.8. The summed E-state index contributed by atoms with van der Waals surface area (Å²) in [5, 5.41) is 0. The minimum absolute atomic E-state index is 0.750. The second-order valence-electron chi connectivity index (χ2n) is 2.33. The van der Waals surface area contributed by atoms with E-state index in [1.54, 1.807) is 0 Å². The minimum atomic E-state index is 0.750. The molecule has 12 heavy (non-hydrogen) atoms. The highest BCUT2D eigenvalue weighted by Gasteiger charge is 2.01. The van der Waals surface area contributed by atoms with E-state index in [1.165, 1.54) is 6.42 Å². The van der Waals surface area contributed by atoms with Crippen LogP contribution in [-0.4, -0.2) is 24.5 Å². The predicted molar refractivity (Wildman–Crippen MR) is 60.8 cm³/mol. The second-order valence-corrected chi connectivity index (χ2v) is 2.33. The van der Waals surface area contributed by atoms with Crippen molar-refractivity contribution in [3.8, 4) is 0 Å². The maximum Gasteiger partial charge on any atom is 0.00611 e. The average Bonchev–Trinajstić information content (AvgIpc) is 2.21. The molecular formula is C11H29N. The smallest absolute Gasteiger partial charge is 0.00611 e. The summed E-state index contributed by atoms with van der Waals surface area (Å²) in [6, 6.07) is 0.750. The van der Waals surface area contributed by atoms with Gasteiger partial charge in [-0.3, -0.25) is 0 Å². The van der Waals surface area contributed by atoms with Gasteiger partial charge < -0.3 is 4.90 Å². The van der Waals surface area contributed by atoms with E-state index in [-0.39, 0.29) is 0 Å². The maximum absolute atomic E-state index is 2.35. The largest absolute Gasteiger partial charge is 0.304 e. The highest BCUT2D eigenvalue weighted by molar-refractivity contribution is 4.56. The average molecular weight is 175 g/mol. The molecule has 0 radical (unpaired) electrons. The van der Waals surface area contributed by atoms with Gasteiger partial charge in [-0.15, -0.1) is 0 Å². The van der Waals surface area contributed by atoms with Gasteiger partial charge in [-0.2, -0.15) is 0 Å². The van der Waals surface area contributed by atoms with E-state index in [2.05, 4.69) is 32.7 Å². The van der Waals surface area contributed by atoms with Crippen LogP contribution in [0.5, 0.6) is 0 Å². The third-order valence-corrected chi connectivity index (χ3v) is 1.84. The maximum atomic E-state index is 2.35. The zero-order chi connectivity index (χ0) is 10.6. The SMILES string of the molecule is CC.CC.CC[C@@H](C)N(C)CC. The fourth-order valence-corrected chi connectivity index (χ4v) is 0.623. The Morgan fingerprint density at radius 2 is 1.33 bits per heavy atom. The minimum Gasteiger partial charge on any atom is -0.304 e. The molecule has 0 saturated heterocycles. The van der Waals surface area contributed by atoms with E-state index in [4.69, 9.17) is 0 Å². The van der Waals surface area contributed by atoms with Crippen molar-refractivity contribution in [3.63, 3.8) is 0 Å². The Bertz CT molecular complexity index is 45.0. The molecule has 0 spiro atoms. The van der Waals surface area contributed by atoms with Crippen LogP contribution >= 0.6 is 0 Å². The van der Waals surface area contributed by atoms with Gasteiger partial charge >= 0.3 is 0 Å². The number of nitrogens with zero attached hydrogens (tertiary/aromatic N) is 1. The molecule has 0 amide bonds. The Kier molecular flexibility index (Phi) is 25.6. The van der Waals surface area contributed by atoms with E-state index in [1.807, 2.05) is 27.7 Å². The Balaban J connectivity index is -0.000000175. The van der Waals surface area contributed by atoms with Crippen LogP contribution in [0.3, 0.4) is 0 Å². The topological polar surface area (TPSA) is 3.24 Å². The van der Waals surface area contributed by atoms with Crippen LogP contribution in [0.15, 0.2) is 0 Å². The lowest BCUT2D eigenvalue weighted by Gasteiger charge is -2.20. The monoisotopic (exact) mass is 175 g/mol. The van der Waals surface area contributed by atoms with E-state index in [9.17, 15) is 0 Å². The summed E-state index contributed by atoms with van der Waals surface area (Å²) in [5.41, 5.74) is 0. The molecule has 0 aromatic carbocycles. The van der Waals surface area contributed by atoms with E-state index in [0.29, 0.717) is 0 Å². The molecule has 0 aromatic heterocycles. The second kappa shape index (κ2) is 17.2. The van der Waals surface area contributed by atoms with Crippen LogP contribution in [0.2, 0.25) is 0 Å². The first-order valence-corrected chi connectivity index (χ1v) is 5.42. The van der Waals surface area contributed by atoms with Gasteiger partial charge in [0.2, 0.25) is 0 Å². The lowest BCUT2D eigenvalue weighted by atomic mass is 10.2. The fraction of sp³-hybridized carbons (Fsp3) is 1.00. The van der Waals surface area contributed by atoms with Crippen LogP contribution in [0.25, 0.3) is 0 Å². The van der Waals surface area contributed by atoms with Crippen LogP contribution in [-0.2, 0) is 0 Å². The molecule has 0 bridgehead atoms. The number of hydrogen-bond acceptors (Lipinski definition) is 1. The first kappa shape index (κ1) is 17.9. The molecule has 0 fully saturated rings. The first-order valence-electron chi connectivity index (χ1n) is 5.42. The van der Waals surface area contributed by atoms with Crippen molar-refractivity contribution in [3.05, 3.63) is 0 Å². The molecule has 0 N–H and O–H groups in total. The van der Waals surface area contributed by atoms with Crippen LogP contribution in [0, 0.1) is 0 Å². The molecule has 0 unspecified atom stereocenters. The van der Waals surface area contributed by atoms with Gasteiger partial charge in [0, 0.05) is 6.04 Å². The number of hydrogen-bond donors (Lipinski definition) is 0. The van der Waals surface area contributed by atoms with E-state index in [0.717, 1.165) is 12.6 Å². The summed E-state index contributed by atoms with van der Waals surface area (Å²) in [7, 11) is 2.16. The zero-order valence-electron chi connectivity index (χ0n) is 10.4. The van der Waals surface area contributed by atoms with E-state index >= 15 is 0 Å². The van der Waals surface area contributed by atoms with Crippen molar-refractivity contribution in [2.24, 2.45) is 0 Å². The quantitative estimate of drug-likeness (QED) is 0.631. The lowest BCUT2D eigenvalue weighted by Crippen LogP contribution is -2.27. The van der Waals surface area contributed by atoms with Gasteiger partial charge in [0.05, 0.1) is 0 Å². The highest BCUT2D eigenvalue weighted by Crippen LogP contribution is 1.97. The summed E-state index contributed by atoms with van der Waals surface area (Å²) in [6.45, 7) is 15.8. The Morgan fingerprint density at radius 3 is 1.42 bits per heavy atom. The molecule has 0 rings (SSSR count). The molecule has 1 nitrogen and oxygen atoms in total. The molecule has 0 aliphatic carbocycles. The van der Waals surface area contributed by atoms with Gasteiger partial charge in [-0.25, -0.2) is 0 Å². The van der Waals surface area contributed by atoms with Crippen molar-refractivity contribution in [1.82, 2.24) is 4.90 Å². The summed E-state index contributed by atoms with van der Waals surface area (Å²) in [5.74, 6) is 0.